The van der Waals surface area contributed by atoms with Crippen LogP contribution >= 0.6 is 22.9 Å². The number of aryl methyl sites for hydroxylation is 1. The van der Waals surface area contributed by atoms with Gasteiger partial charge in [0.25, 0.3) is 10.0 Å². The third-order valence-corrected chi connectivity index (χ3v) is 5.64. The van der Waals surface area contributed by atoms with Crippen LogP contribution in [0, 0.1) is 12.7 Å². The molecule has 0 unspecified atom stereocenters. The van der Waals surface area contributed by atoms with Gasteiger partial charge in [-0.3, -0.25) is 4.72 Å². The Kier molecular flexibility index (Phi) is 4.22. The van der Waals surface area contributed by atoms with E-state index in [0.717, 1.165) is 29.5 Å². The molecule has 2 N–H and O–H groups in total. The molecule has 2 rings (SSSR count). The van der Waals surface area contributed by atoms with Crippen LogP contribution in [-0.2, 0) is 10.0 Å². The second-order valence-electron chi connectivity index (χ2n) is 4.11. The van der Waals surface area contributed by atoms with Gasteiger partial charge in [0.1, 0.15) is 15.6 Å². The number of aromatic carboxylic acids is 1. The molecule has 0 radical (unpaired) electrons. The van der Waals surface area contributed by atoms with Crippen LogP contribution in [0.2, 0.25) is 5.02 Å². The molecule has 0 bridgehead atoms. The molecular weight excluding hydrogens is 341 g/mol. The van der Waals surface area contributed by atoms with Gasteiger partial charge in [-0.1, -0.05) is 11.6 Å². The van der Waals surface area contributed by atoms with Gasteiger partial charge >= 0.3 is 5.97 Å². The van der Waals surface area contributed by atoms with E-state index in [2.05, 4.69) is 4.72 Å². The summed E-state index contributed by atoms with van der Waals surface area (Å²) in [5.41, 5.74) is 0.281. The second-order valence-corrected chi connectivity index (χ2v) is 7.02. The van der Waals surface area contributed by atoms with Crippen molar-refractivity contribution in [2.75, 3.05) is 4.72 Å². The third kappa shape index (κ3) is 3.17. The highest BCUT2D eigenvalue weighted by Crippen LogP contribution is 2.30. The van der Waals surface area contributed by atoms with Crippen LogP contribution in [0.3, 0.4) is 0 Å². The monoisotopic (exact) mass is 349 g/mol. The van der Waals surface area contributed by atoms with Gasteiger partial charge in [0.15, 0.2) is 0 Å². The molecular formula is C12H9ClFNO4S2. The molecule has 0 fully saturated rings. The molecule has 0 atom stereocenters. The van der Waals surface area contributed by atoms with Crippen molar-refractivity contribution >= 4 is 44.6 Å². The first kappa shape index (κ1) is 15.7. The lowest BCUT2D eigenvalue weighted by molar-refractivity contribution is 0.0698. The molecule has 9 heteroatoms. The summed E-state index contributed by atoms with van der Waals surface area (Å²) in [6.45, 7) is 1.49. The molecule has 5 nitrogen and oxygen atoms in total. The highest BCUT2D eigenvalue weighted by molar-refractivity contribution is 7.93. The van der Waals surface area contributed by atoms with Gasteiger partial charge in [0.2, 0.25) is 0 Å². The molecule has 0 amide bonds. The van der Waals surface area contributed by atoms with Gasteiger partial charge in [0, 0.05) is 0 Å². The van der Waals surface area contributed by atoms with Gasteiger partial charge < -0.3 is 5.11 Å². The fourth-order valence-electron chi connectivity index (χ4n) is 1.68. The van der Waals surface area contributed by atoms with E-state index in [0.29, 0.717) is 5.56 Å². The highest BCUT2D eigenvalue weighted by Gasteiger charge is 2.27. The zero-order valence-corrected chi connectivity index (χ0v) is 12.9. The van der Waals surface area contributed by atoms with Crippen LogP contribution in [0.15, 0.2) is 28.5 Å². The summed E-state index contributed by atoms with van der Waals surface area (Å²) >= 11 is 6.58. The number of anilines is 1. The zero-order valence-electron chi connectivity index (χ0n) is 10.6. The molecule has 0 aliphatic rings. The van der Waals surface area contributed by atoms with Crippen molar-refractivity contribution in [3.63, 3.8) is 0 Å². The minimum atomic E-state index is -4.14. The Balaban J connectivity index is 2.48. The molecule has 0 saturated carbocycles. The maximum Gasteiger partial charge on any atom is 0.347 e. The molecule has 1 aromatic carbocycles. The number of hydrogen-bond acceptors (Lipinski definition) is 4. The minimum Gasteiger partial charge on any atom is -0.477 e. The van der Waals surface area contributed by atoms with Crippen LogP contribution < -0.4 is 4.72 Å². The zero-order chi connectivity index (χ0) is 15.8. The molecule has 1 aromatic heterocycles. The topological polar surface area (TPSA) is 83.5 Å². The van der Waals surface area contributed by atoms with E-state index >= 15 is 0 Å². The van der Waals surface area contributed by atoms with E-state index in [4.69, 9.17) is 16.7 Å². The molecule has 0 aliphatic carbocycles. The van der Waals surface area contributed by atoms with E-state index in [1.54, 1.807) is 0 Å². The molecule has 0 spiro atoms. The van der Waals surface area contributed by atoms with Crippen LogP contribution in [0.5, 0.6) is 0 Å². The number of benzene rings is 1. The van der Waals surface area contributed by atoms with E-state index < -0.39 is 21.8 Å². The third-order valence-electron chi connectivity index (χ3n) is 2.56. The van der Waals surface area contributed by atoms with Crippen molar-refractivity contribution in [1.29, 1.82) is 0 Å². The molecule has 1 heterocycles. The number of thiophene rings is 1. The van der Waals surface area contributed by atoms with Crippen LogP contribution in [0.4, 0.5) is 10.1 Å². The first-order chi connectivity index (χ1) is 9.72. The maximum absolute atomic E-state index is 13.0. The van der Waals surface area contributed by atoms with Crippen molar-refractivity contribution < 1.29 is 22.7 Å². The average molecular weight is 350 g/mol. The number of sulfonamides is 1. The Morgan fingerprint density at radius 1 is 1.43 bits per heavy atom. The predicted molar refractivity (Wildman–Crippen MR) is 78.2 cm³/mol. The van der Waals surface area contributed by atoms with Crippen LogP contribution in [0.1, 0.15) is 15.2 Å². The average Bonchev–Trinajstić information content (AvgIpc) is 2.76. The largest absolute Gasteiger partial charge is 0.477 e. The van der Waals surface area contributed by atoms with Crippen LogP contribution in [-0.4, -0.2) is 19.5 Å². The summed E-state index contributed by atoms with van der Waals surface area (Å²) in [6, 6.07) is 3.16. The summed E-state index contributed by atoms with van der Waals surface area (Å²) < 4.78 is 39.8. The number of hydrogen-bond donors (Lipinski definition) is 2. The van der Waals surface area contributed by atoms with Crippen molar-refractivity contribution in [1.82, 2.24) is 0 Å². The number of halogens is 2. The van der Waals surface area contributed by atoms with Crippen molar-refractivity contribution in [3.8, 4) is 0 Å². The lowest BCUT2D eigenvalue weighted by atomic mass is 10.3. The van der Waals surface area contributed by atoms with Crippen molar-refractivity contribution in [2.24, 2.45) is 0 Å². The summed E-state index contributed by atoms with van der Waals surface area (Å²) in [6.07, 6.45) is 0. The highest BCUT2D eigenvalue weighted by atomic mass is 35.5. The first-order valence-corrected chi connectivity index (χ1v) is 8.25. The van der Waals surface area contributed by atoms with Crippen molar-refractivity contribution in [2.45, 2.75) is 11.8 Å². The van der Waals surface area contributed by atoms with E-state index in [-0.39, 0.29) is 20.5 Å². The molecule has 2 aromatic rings. The molecule has 112 valence electrons. The number of nitrogens with one attached hydrogen (secondary N) is 1. The van der Waals surface area contributed by atoms with Gasteiger partial charge in [-0.25, -0.2) is 17.6 Å². The van der Waals surface area contributed by atoms with Gasteiger partial charge in [-0.2, -0.15) is 0 Å². The SMILES string of the molecule is Cc1csc(C(=O)O)c1S(=O)(=O)Nc1ccc(F)cc1Cl. The van der Waals surface area contributed by atoms with Gasteiger partial charge in [-0.15, -0.1) is 11.3 Å². The standard InChI is InChI=1S/C12H9ClFNO4S2/c1-6-5-20-10(12(16)17)11(6)21(18,19)15-9-3-2-7(14)4-8(9)13/h2-5,15H,1H3,(H,16,17). The summed E-state index contributed by atoms with van der Waals surface area (Å²) in [4.78, 5) is 10.5. The molecule has 0 saturated heterocycles. The van der Waals surface area contributed by atoms with E-state index in [9.17, 15) is 17.6 Å². The number of carboxylic acids is 1. The number of rotatable bonds is 4. The Morgan fingerprint density at radius 2 is 2.10 bits per heavy atom. The lowest BCUT2D eigenvalue weighted by Gasteiger charge is -2.10. The smallest absolute Gasteiger partial charge is 0.347 e. The molecule has 0 aliphatic heterocycles. The van der Waals surface area contributed by atoms with Gasteiger partial charge in [0.05, 0.1) is 10.7 Å². The fourth-order valence-corrected chi connectivity index (χ4v) is 4.67. The number of carboxylic acid groups (broad SMARTS) is 1. The summed E-state index contributed by atoms with van der Waals surface area (Å²) in [5, 5.41) is 10.4. The second kappa shape index (κ2) is 5.63. The minimum absolute atomic E-state index is 0.0278. The Bertz CT molecular complexity index is 817. The molecule has 21 heavy (non-hydrogen) atoms. The van der Waals surface area contributed by atoms with Crippen LogP contribution in [0.25, 0.3) is 0 Å². The first-order valence-electron chi connectivity index (χ1n) is 5.51. The Labute approximate surface area is 129 Å². The quantitative estimate of drug-likeness (QED) is 0.886. The van der Waals surface area contributed by atoms with E-state index in [1.807, 2.05) is 0 Å². The van der Waals surface area contributed by atoms with E-state index in [1.165, 1.54) is 12.3 Å². The summed E-state index contributed by atoms with van der Waals surface area (Å²) in [7, 11) is -4.14. The fraction of sp³-hybridized carbons (Fsp3) is 0.0833. The lowest BCUT2D eigenvalue weighted by Crippen LogP contribution is -2.16. The number of carbonyl (C=O) groups is 1. The van der Waals surface area contributed by atoms with Gasteiger partial charge in [-0.05, 0) is 36.1 Å². The normalized spacial score (nSPS) is 11.4. The maximum atomic E-state index is 13.0. The Morgan fingerprint density at radius 3 is 2.67 bits per heavy atom. The van der Waals surface area contributed by atoms with Crippen molar-refractivity contribution in [3.05, 3.63) is 44.9 Å². The summed E-state index contributed by atoms with van der Waals surface area (Å²) in [5.74, 6) is -1.94. The predicted octanol–water partition coefficient (Wildman–Crippen LogP) is 3.35. The Hall–Kier alpha value is -1.64.